The molecule has 0 fully saturated rings. The summed E-state index contributed by atoms with van der Waals surface area (Å²) >= 11 is 0. The summed E-state index contributed by atoms with van der Waals surface area (Å²) in [5.74, 6) is -2.83. The van der Waals surface area contributed by atoms with E-state index < -0.39 is 28.4 Å². The van der Waals surface area contributed by atoms with Crippen LogP contribution in [0.3, 0.4) is 0 Å². The molecule has 0 unspecified atom stereocenters. The third-order valence-electron chi connectivity index (χ3n) is 4.07. The lowest BCUT2D eigenvalue weighted by atomic mass is 10.0. The van der Waals surface area contributed by atoms with E-state index in [2.05, 4.69) is 5.10 Å². The summed E-state index contributed by atoms with van der Waals surface area (Å²) in [6, 6.07) is 11.4. The highest BCUT2D eigenvalue weighted by Crippen LogP contribution is 2.32. The van der Waals surface area contributed by atoms with Gasteiger partial charge in [-0.2, -0.15) is 9.49 Å². The Morgan fingerprint density at radius 3 is 2.31 bits per heavy atom. The third-order valence-corrected chi connectivity index (χ3v) is 4.07. The van der Waals surface area contributed by atoms with Crippen molar-refractivity contribution < 1.29 is 28.4 Å². The van der Waals surface area contributed by atoms with Crippen molar-refractivity contribution in [3.05, 3.63) is 75.7 Å². The number of nitro groups is 1. The second-order valence-electron chi connectivity index (χ2n) is 5.73. The van der Waals surface area contributed by atoms with Crippen molar-refractivity contribution in [2.75, 3.05) is 14.2 Å². The van der Waals surface area contributed by atoms with Crippen LogP contribution >= 0.6 is 0 Å². The van der Waals surface area contributed by atoms with Crippen LogP contribution < -0.4 is 0 Å². The average molecular weight is 399 g/mol. The first-order chi connectivity index (χ1) is 13.9. The Hall–Kier alpha value is -4.08. The van der Waals surface area contributed by atoms with E-state index >= 15 is 0 Å². The Kier molecular flexibility index (Phi) is 5.35. The molecule has 10 heteroatoms. The molecule has 0 radical (unpaired) electrons. The van der Waals surface area contributed by atoms with Crippen molar-refractivity contribution in [2.45, 2.75) is 0 Å². The molecule has 1 aromatic heterocycles. The lowest BCUT2D eigenvalue weighted by Gasteiger charge is -2.07. The first-order valence-electron chi connectivity index (χ1n) is 8.18. The topological polar surface area (TPSA) is 114 Å². The van der Waals surface area contributed by atoms with Crippen molar-refractivity contribution >= 4 is 17.6 Å². The van der Waals surface area contributed by atoms with Crippen LogP contribution in [0, 0.1) is 15.9 Å². The minimum Gasteiger partial charge on any atom is -0.465 e. The largest absolute Gasteiger partial charge is 0.465 e. The van der Waals surface area contributed by atoms with Crippen molar-refractivity contribution in [1.29, 1.82) is 0 Å². The number of esters is 2. The van der Waals surface area contributed by atoms with E-state index in [0.717, 1.165) is 26.4 Å². The predicted molar refractivity (Wildman–Crippen MR) is 98.3 cm³/mol. The summed E-state index contributed by atoms with van der Waals surface area (Å²) in [7, 11) is 2.24. The van der Waals surface area contributed by atoms with Gasteiger partial charge in [-0.25, -0.2) is 14.3 Å². The Balaban J connectivity index is 2.37. The number of nitrogens with zero attached hydrogens (tertiary/aromatic N) is 3. The molecule has 0 saturated heterocycles. The van der Waals surface area contributed by atoms with Crippen LogP contribution in [0.1, 0.15) is 20.8 Å². The lowest BCUT2D eigenvalue weighted by Crippen LogP contribution is -2.15. The summed E-state index contributed by atoms with van der Waals surface area (Å²) in [5, 5.41) is 15.4. The van der Waals surface area contributed by atoms with E-state index in [1.165, 1.54) is 10.7 Å². The van der Waals surface area contributed by atoms with E-state index in [1.54, 1.807) is 30.3 Å². The van der Waals surface area contributed by atoms with Gasteiger partial charge in [0.15, 0.2) is 5.69 Å². The maximum Gasteiger partial charge on any atom is 0.357 e. The van der Waals surface area contributed by atoms with Gasteiger partial charge in [0.1, 0.15) is 11.3 Å². The van der Waals surface area contributed by atoms with E-state index in [9.17, 15) is 24.1 Å². The molecule has 0 bridgehead atoms. The maximum atomic E-state index is 13.8. The van der Waals surface area contributed by atoms with Crippen LogP contribution in [-0.2, 0) is 9.47 Å². The summed E-state index contributed by atoms with van der Waals surface area (Å²) in [6.07, 6.45) is 0. The smallest absolute Gasteiger partial charge is 0.357 e. The van der Waals surface area contributed by atoms with Crippen molar-refractivity contribution in [3.8, 4) is 16.9 Å². The molecule has 0 atom stereocenters. The molecule has 0 aliphatic rings. The number of hydrogen-bond acceptors (Lipinski definition) is 7. The minimum absolute atomic E-state index is 0.0540. The number of benzene rings is 2. The highest BCUT2D eigenvalue weighted by molar-refractivity contribution is 6.06. The van der Waals surface area contributed by atoms with E-state index in [4.69, 9.17) is 9.47 Å². The number of aromatic nitrogens is 2. The normalized spacial score (nSPS) is 10.4. The van der Waals surface area contributed by atoms with E-state index in [1.807, 2.05) is 0 Å². The van der Waals surface area contributed by atoms with Crippen LogP contribution in [0.25, 0.3) is 16.9 Å². The van der Waals surface area contributed by atoms with Gasteiger partial charge in [0.05, 0.1) is 24.8 Å². The number of nitro benzene ring substituents is 1. The lowest BCUT2D eigenvalue weighted by molar-refractivity contribution is -0.387. The molecule has 1 heterocycles. The molecule has 0 spiro atoms. The Labute approximate surface area is 163 Å². The molecule has 2 aromatic carbocycles. The zero-order valence-electron chi connectivity index (χ0n) is 15.3. The molecule has 9 nitrogen and oxygen atoms in total. The summed E-state index contributed by atoms with van der Waals surface area (Å²) in [6.45, 7) is 0. The number of ether oxygens (including phenoxy) is 2. The molecule has 0 N–H and O–H groups in total. The third kappa shape index (κ3) is 3.55. The van der Waals surface area contributed by atoms with Gasteiger partial charge in [-0.05, 0) is 24.3 Å². The summed E-state index contributed by atoms with van der Waals surface area (Å²) < 4.78 is 24.5. The van der Waals surface area contributed by atoms with Gasteiger partial charge in [-0.15, -0.1) is 0 Å². The van der Waals surface area contributed by atoms with Gasteiger partial charge in [0, 0.05) is 11.6 Å². The molecule has 0 saturated carbocycles. The van der Waals surface area contributed by atoms with E-state index in [-0.39, 0.29) is 22.5 Å². The van der Waals surface area contributed by atoms with Gasteiger partial charge in [-0.3, -0.25) is 10.1 Å². The second-order valence-corrected chi connectivity index (χ2v) is 5.73. The highest BCUT2D eigenvalue weighted by atomic mass is 19.1. The quantitative estimate of drug-likeness (QED) is 0.368. The van der Waals surface area contributed by atoms with Gasteiger partial charge < -0.3 is 9.47 Å². The fourth-order valence-electron chi connectivity index (χ4n) is 2.76. The summed E-state index contributed by atoms with van der Waals surface area (Å²) in [5.41, 5.74) is -0.896. The first-order valence-corrected chi connectivity index (χ1v) is 8.18. The van der Waals surface area contributed by atoms with Crippen LogP contribution in [0.2, 0.25) is 0 Å². The predicted octanol–water partition coefficient (Wildman–Crippen LogP) is 3.16. The van der Waals surface area contributed by atoms with Crippen LogP contribution in [0.15, 0.2) is 48.5 Å². The summed E-state index contributed by atoms with van der Waals surface area (Å²) in [4.78, 5) is 35.2. The molecular weight excluding hydrogens is 385 g/mol. The van der Waals surface area contributed by atoms with Crippen LogP contribution in [0.5, 0.6) is 0 Å². The standard InChI is InChI=1S/C19H14FN3O6/c1-28-18(24)15-16(11-8-9-13(20)14(10-11)23(26)27)21-22(17(15)19(25)29-2)12-6-4-3-5-7-12/h3-10H,1-2H3. The fourth-order valence-corrected chi connectivity index (χ4v) is 2.76. The van der Waals surface area contributed by atoms with Gasteiger partial charge in [0.25, 0.3) is 0 Å². The van der Waals surface area contributed by atoms with E-state index in [0.29, 0.717) is 5.69 Å². The minimum atomic E-state index is -1.05. The first kappa shape index (κ1) is 19.7. The average Bonchev–Trinajstić information content (AvgIpc) is 3.14. The van der Waals surface area contributed by atoms with Crippen molar-refractivity contribution in [2.24, 2.45) is 0 Å². The number of halogens is 1. The zero-order chi connectivity index (χ0) is 21.1. The van der Waals surface area contributed by atoms with Gasteiger partial charge >= 0.3 is 17.6 Å². The SMILES string of the molecule is COC(=O)c1c(-c2ccc(F)c([N+](=O)[O-])c2)nn(-c2ccccc2)c1C(=O)OC. The number of carbonyl (C=O) groups is 2. The van der Waals surface area contributed by atoms with Gasteiger partial charge in [0.2, 0.25) is 5.82 Å². The van der Waals surface area contributed by atoms with Crippen LogP contribution in [0.4, 0.5) is 10.1 Å². The van der Waals surface area contributed by atoms with Gasteiger partial charge in [-0.1, -0.05) is 18.2 Å². The monoisotopic (exact) mass is 399 g/mol. The molecular formula is C19H14FN3O6. The van der Waals surface area contributed by atoms with Crippen molar-refractivity contribution in [1.82, 2.24) is 9.78 Å². The molecule has 29 heavy (non-hydrogen) atoms. The number of hydrogen-bond donors (Lipinski definition) is 0. The van der Waals surface area contributed by atoms with Crippen LogP contribution in [-0.4, -0.2) is 40.9 Å². The zero-order valence-corrected chi connectivity index (χ0v) is 15.3. The molecule has 0 amide bonds. The maximum absolute atomic E-state index is 13.8. The Bertz CT molecular complexity index is 1110. The number of para-hydroxylation sites is 1. The number of rotatable bonds is 5. The Morgan fingerprint density at radius 2 is 1.72 bits per heavy atom. The Morgan fingerprint density at radius 1 is 1.07 bits per heavy atom. The fraction of sp³-hybridized carbons (Fsp3) is 0.105. The molecule has 148 valence electrons. The molecule has 3 rings (SSSR count). The molecule has 3 aromatic rings. The number of carbonyl (C=O) groups excluding carboxylic acids is 2. The molecule has 0 aliphatic heterocycles. The highest BCUT2D eigenvalue weighted by Gasteiger charge is 2.32. The van der Waals surface area contributed by atoms with Crippen molar-refractivity contribution in [3.63, 3.8) is 0 Å². The number of methoxy groups -OCH3 is 2. The second kappa shape index (κ2) is 7.89. The molecule has 0 aliphatic carbocycles.